The predicted octanol–water partition coefficient (Wildman–Crippen LogP) is 3.78. The fourth-order valence-electron chi connectivity index (χ4n) is 3.17. The summed E-state index contributed by atoms with van der Waals surface area (Å²) in [5.41, 5.74) is 2.26. The van der Waals surface area contributed by atoms with Gasteiger partial charge in [-0.15, -0.1) is 0 Å². The number of rotatable bonds is 8. The van der Waals surface area contributed by atoms with Gasteiger partial charge in [0.05, 0.1) is 11.1 Å². The SMILES string of the molecule is Cc1ccc(NC(=O)[C@@H](OC(=O)c2ccccc2)[C@@H](OC(=O)c2ccccc2)C(=O)O)c(C)c1. The molecule has 0 aromatic heterocycles. The lowest BCUT2D eigenvalue weighted by atomic mass is 10.1. The van der Waals surface area contributed by atoms with E-state index in [0.29, 0.717) is 5.69 Å². The molecule has 0 saturated carbocycles. The molecule has 0 aliphatic carbocycles. The van der Waals surface area contributed by atoms with Crippen molar-refractivity contribution in [1.82, 2.24) is 0 Å². The number of carbonyl (C=O) groups is 4. The molecule has 0 saturated heterocycles. The smallest absolute Gasteiger partial charge is 0.349 e. The highest BCUT2D eigenvalue weighted by Gasteiger charge is 2.41. The summed E-state index contributed by atoms with van der Waals surface area (Å²) < 4.78 is 10.4. The van der Waals surface area contributed by atoms with Crippen LogP contribution in [0, 0.1) is 13.8 Å². The number of amides is 1. The summed E-state index contributed by atoms with van der Waals surface area (Å²) in [7, 11) is 0. The molecule has 0 bridgehead atoms. The number of carbonyl (C=O) groups excluding carboxylic acids is 3. The highest BCUT2D eigenvalue weighted by atomic mass is 16.6. The highest BCUT2D eigenvalue weighted by Crippen LogP contribution is 2.19. The Kier molecular flexibility index (Phi) is 7.76. The average Bonchev–Trinajstić information content (AvgIpc) is 2.83. The normalized spacial score (nSPS) is 12.2. The summed E-state index contributed by atoms with van der Waals surface area (Å²) in [6.45, 7) is 3.64. The number of esters is 2. The molecule has 3 aromatic rings. The Morgan fingerprint density at radius 2 is 1.24 bits per heavy atom. The van der Waals surface area contributed by atoms with Crippen molar-refractivity contribution >= 4 is 29.5 Å². The molecular weight excluding hydrogens is 438 g/mol. The minimum atomic E-state index is -2.09. The largest absolute Gasteiger partial charge is 0.478 e. The Balaban J connectivity index is 1.92. The number of hydrogen-bond acceptors (Lipinski definition) is 6. The zero-order chi connectivity index (χ0) is 24.7. The molecule has 2 atom stereocenters. The maximum Gasteiger partial charge on any atom is 0.349 e. The number of aliphatic carboxylic acids is 1. The standard InChI is InChI=1S/C26H23NO7/c1-16-13-14-20(17(2)15-16)27-23(28)21(33-25(31)18-9-5-3-6-10-18)22(24(29)30)34-26(32)19-11-7-4-8-12-19/h3-15,21-22H,1-2H3,(H,27,28)(H,29,30)/t21-,22+/m0/s1. The summed E-state index contributed by atoms with van der Waals surface area (Å²) >= 11 is 0. The monoisotopic (exact) mass is 461 g/mol. The minimum Gasteiger partial charge on any atom is -0.478 e. The van der Waals surface area contributed by atoms with Crippen LogP contribution in [0.5, 0.6) is 0 Å². The van der Waals surface area contributed by atoms with Gasteiger partial charge >= 0.3 is 17.9 Å². The van der Waals surface area contributed by atoms with E-state index < -0.39 is 36.0 Å². The van der Waals surface area contributed by atoms with Crippen molar-refractivity contribution in [2.45, 2.75) is 26.1 Å². The number of aryl methyl sites for hydroxylation is 2. The van der Waals surface area contributed by atoms with Crippen LogP contribution in [0.15, 0.2) is 78.9 Å². The summed E-state index contributed by atoms with van der Waals surface area (Å²) in [4.78, 5) is 50.4. The molecule has 0 fully saturated rings. The topological polar surface area (TPSA) is 119 Å². The summed E-state index contributed by atoms with van der Waals surface area (Å²) in [5, 5.41) is 12.4. The van der Waals surface area contributed by atoms with Gasteiger partial charge in [0.25, 0.3) is 5.91 Å². The zero-order valence-corrected chi connectivity index (χ0v) is 18.6. The molecule has 8 heteroatoms. The molecule has 2 N–H and O–H groups in total. The van der Waals surface area contributed by atoms with Crippen LogP contribution in [-0.4, -0.2) is 41.1 Å². The van der Waals surface area contributed by atoms with Crippen molar-refractivity contribution in [3.05, 3.63) is 101 Å². The summed E-state index contributed by atoms with van der Waals surface area (Å²) in [6.07, 6.45) is -4.05. The van der Waals surface area contributed by atoms with Gasteiger partial charge in [0.2, 0.25) is 12.2 Å². The first-order valence-electron chi connectivity index (χ1n) is 10.4. The van der Waals surface area contributed by atoms with E-state index in [1.165, 1.54) is 24.3 Å². The van der Waals surface area contributed by atoms with Crippen molar-refractivity contribution < 1.29 is 33.8 Å². The van der Waals surface area contributed by atoms with Crippen molar-refractivity contribution in [3.8, 4) is 0 Å². The molecule has 8 nitrogen and oxygen atoms in total. The fourth-order valence-corrected chi connectivity index (χ4v) is 3.17. The Morgan fingerprint density at radius 1 is 0.735 bits per heavy atom. The second-order valence-corrected chi connectivity index (χ2v) is 7.53. The Morgan fingerprint density at radius 3 is 1.71 bits per heavy atom. The molecule has 0 heterocycles. The van der Waals surface area contributed by atoms with E-state index in [1.54, 1.807) is 55.5 Å². The Bertz CT molecular complexity index is 1190. The molecule has 0 unspecified atom stereocenters. The van der Waals surface area contributed by atoms with E-state index in [9.17, 15) is 24.3 Å². The van der Waals surface area contributed by atoms with Gasteiger partial charge in [-0.05, 0) is 49.7 Å². The molecule has 0 spiro atoms. The third-order valence-electron chi connectivity index (χ3n) is 4.90. The minimum absolute atomic E-state index is 0.0803. The van der Waals surface area contributed by atoms with E-state index in [-0.39, 0.29) is 11.1 Å². The molecule has 34 heavy (non-hydrogen) atoms. The van der Waals surface area contributed by atoms with Crippen LogP contribution in [-0.2, 0) is 19.1 Å². The number of carboxylic acid groups (broad SMARTS) is 1. The zero-order valence-electron chi connectivity index (χ0n) is 18.6. The number of nitrogens with one attached hydrogen (secondary N) is 1. The lowest BCUT2D eigenvalue weighted by Gasteiger charge is -2.24. The van der Waals surface area contributed by atoms with Crippen LogP contribution in [0.1, 0.15) is 31.8 Å². The van der Waals surface area contributed by atoms with Crippen LogP contribution in [0.25, 0.3) is 0 Å². The van der Waals surface area contributed by atoms with E-state index in [0.717, 1.165) is 11.1 Å². The van der Waals surface area contributed by atoms with Crippen LogP contribution in [0.4, 0.5) is 5.69 Å². The maximum absolute atomic E-state index is 13.1. The van der Waals surface area contributed by atoms with Gasteiger partial charge in [0.1, 0.15) is 0 Å². The van der Waals surface area contributed by atoms with Crippen LogP contribution < -0.4 is 5.32 Å². The molecule has 3 aromatic carbocycles. The van der Waals surface area contributed by atoms with E-state index in [1.807, 2.05) is 13.0 Å². The molecule has 174 valence electrons. The highest BCUT2D eigenvalue weighted by molar-refractivity contribution is 6.01. The fraction of sp³-hybridized carbons (Fsp3) is 0.154. The molecule has 0 aliphatic rings. The van der Waals surface area contributed by atoms with Crippen molar-refractivity contribution in [3.63, 3.8) is 0 Å². The van der Waals surface area contributed by atoms with Gasteiger partial charge in [-0.1, -0.05) is 54.1 Å². The first-order chi connectivity index (χ1) is 16.3. The number of hydrogen-bond donors (Lipinski definition) is 2. The third kappa shape index (κ3) is 6.07. The Hall–Kier alpha value is -4.46. The van der Waals surface area contributed by atoms with Crippen molar-refractivity contribution in [1.29, 1.82) is 0 Å². The molecule has 0 aliphatic heterocycles. The van der Waals surface area contributed by atoms with Crippen molar-refractivity contribution in [2.75, 3.05) is 5.32 Å². The van der Waals surface area contributed by atoms with Crippen LogP contribution in [0.2, 0.25) is 0 Å². The quantitative estimate of drug-likeness (QED) is 0.490. The van der Waals surface area contributed by atoms with Gasteiger partial charge in [0.15, 0.2) is 0 Å². The average molecular weight is 461 g/mol. The number of ether oxygens (including phenoxy) is 2. The van der Waals surface area contributed by atoms with E-state index in [4.69, 9.17) is 9.47 Å². The van der Waals surface area contributed by atoms with Crippen molar-refractivity contribution in [2.24, 2.45) is 0 Å². The first-order valence-corrected chi connectivity index (χ1v) is 10.4. The number of anilines is 1. The van der Waals surface area contributed by atoms with Gasteiger partial charge < -0.3 is 19.9 Å². The van der Waals surface area contributed by atoms with E-state index >= 15 is 0 Å². The second-order valence-electron chi connectivity index (χ2n) is 7.53. The molecule has 1 amide bonds. The predicted molar refractivity (Wildman–Crippen MR) is 123 cm³/mol. The number of benzene rings is 3. The number of carboxylic acids is 1. The lowest BCUT2D eigenvalue weighted by Crippen LogP contribution is -2.48. The van der Waals surface area contributed by atoms with Crippen LogP contribution in [0.3, 0.4) is 0 Å². The summed E-state index contributed by atoms with van der Waals surface area (Å²) in [5.74, 6) is -4.52. The maximum atomic E-state index is 13.1. The lowest BCUT2D eigenvalue weighted by molar-refractivity contribution is -0.157. The molecular formula is C26H23NO7. The van der Waals surface area contributed by atoms with Gasteiger partial charge in [-0.25, -0.2) is 14.4 Å². The van der Waals surface area contributed by atoms with E-state index in [2.05, 4.69) is 5.32 Å². The summed E-state index contributed by atoms with van der Waals surface area (Å²) in [6, 6.07) is 20.7. The third-order valence-corrected chi connectivity index (χ3v) is 4.90. The second kappa shape index (κ2) is 10.9. The first kappa shape index (κ1) is 24.2. The molecule has 3 rings (SSSR count). The van der Waals surface area contributed by atoms with Crippen LogP contribution >= 0.6 is 0 Å². The Labute approximate surface area is 196 Å². The molecule has 0 radical (unpaired) electrons. The van der Waals surface area contributed by atoms with Gasteiger partial charge in [-0.3, -0.25) is 4.79 Å². The van der Waals surface area contributed by atoms with Gasteiger partial charge in [0, 0.05) is 5.69 Å². The van der Waals surface area contributed by atoms with Gasteiger partial charge in [-0.2, -0.15) is 0 Å².